The van der Waals surface area contributed by atoms with Crippen LogP contribution >= 0.6 is 22.6 Å². The molecule has 0 atom stereocenters. The Labute approximate surface area is 122 Å². The van der Waals surface area contributed by atoms with Crippen LogP contribution in [-0.4, -0.2) is 30.4 Å². The second kappa shape index (κ2) is 7.09. The molecule has 1 aromatic rings. The average molecular weight is 358 g/mol. The van der Waals surface area contributed by atoms with E-state index in [0.717, 1.165) is 32.5 Å². The Bertz CT molecular complexity index is 385. The van der Waals surface area contributed by atoms with Crippen molar-refractivity contribution in [2.24, 2.45) is 0 Å². The number of nitrogens with one attached hydrogen (secondary N) is 1. The van der Waals surface area contributed by atoms with E-state index in [2.05, 4.69) is 52.2 Å². The monoisotopic (exact) mass is 358 g/mol. The van der Waals surface area contributed by atoms with Crippen molar-refractivity contribution in [3.8, 4) is 0 Å². The molecule has 4 heteroatoms. The molecule has 2 rings (SSSR count). The largest absolute Gasteiger partial charge is 0.342 e. The van der Waals surface area contributed by atoms with Crippen molar-refractivity contribution in [1.82, 2.24) is 10.2 Å². The highest BCUT2D eigenvalue weighted by atomic mass is 127. The second-order valence-electron chi connectivity index (χ2n) is 4.67. The summed E-state index contributed by atoms with van der Waals surface area (Å²) in [6, 6.07) is 8.37. The van der Waals surface area contributed by atoms with Gasteiger partial charge >= 0.3 is 0 Å². The fraction of sp³-hybridized carbons (Fsp3) is 0.500. The molecule has 1 N–H and O–H groups in total. The van der Waals surface area contributed by atoms with Crippen LogP contribution in [0.3, 0.4) is 0 Å². The third-order valence-corrected chi connectivity index (χ3v) is 3.95. The maximum Gasteiger partial charge on any atom is 0.236 e. The van der Waals surface area contributed by atoms with Crippen LogP contribution in [-0.2, 0) is 11.3 Å². The van der Waals surface area contributed by atoms with Gasteiger partial charge in [0.1, 0.15) is 0 Å². The van der Waals surface area contributed by atoms with E-state index in [1.165, 1.54) is 15.6 Å². The molecule has 1 amide bonds. The van der Waals surface area contributed by atoms with Gasteiger partial charge in [0.15, 0.2) is 0 Å². The minimum absolute atomic E-state index is 0.236. The minimum atomic E-state index is 0.236. The molecule has 1 heterocycles. The third kappa shape index (κ3) is 4.24. The highest BCUT2D eigenvalue weighted by Crippen LogP contribution is 2.09. The van der Waals surface area contributed by atoms with E-state index in [1.54, 1.807) is 0 Å². The predicted molar refractivity (Wildman–Crippen MR) is 81.3 cm³/mol. The normalized spacial score (nSPS) is 15.7. The van der Waals surface area contributed by atoms with E-state index < -0.39 is 0 Å². The first-order valence-electron chi connectivity index (χ1n) is 6.48. The summed E-state index contributed by atoms with van der Waals surface area (Å²) in [7, 11) is 0. The zero-order valence-corrected chi connectivity index (χ0v) is 12.7. The van der Waals surface area contributed by atoms with Crippen molar-refractivity contribution in [2.45, 2.75) is 25.8 Å². The maximum absolute atomic E-state index is 11.9. The lowest BCUT2D eigenvalue weighted by atomic mass is 10.1. The Morgan fingerprint density at radius 2 is 1.83 bits per heavy atom. The SMILES string of the molecule is O=C(CNCc1ccc(I)cc1)N1CCCCC1. The molecule has 18 heavy (non-hydrogen) atoms. The van der Waals surface area contributed by atoms with Crippen LogP contribution in [0.25, 0.3) is 0 Å². The van der Waals surface area contributed by atoms with Crippen LogP contribution in [0.1, 0.15) is 24.8 Å². The van der Waals surface area contributed by atoms with Crippen LogP contribution in [0.2, 0.25) is 0 Å². The molecule has 1 aliphatic rings. The van der Waals surface area contributed by atoms with E-state index in [-0.39, 0.29) is 5.91 Å². The Balaban J connectivity index is 1.71. The van der Waals surface area contributed by atoms with Gasteiger partial charge in [-0.15, -0.1) is 0 Å². The minimum Gasteiger partial charge on any atom is -0.342 e. The molecule has 1 aromatic carbocycles. The predicted octanol–water partition coefficient (Wildman–Crippen LogP) is 2.39. The smallest absolute Gasteiger partial charge is 0.236 e. The molecule has 0 aliphatic carbocycles. The quantitative estimate of drug-likeness (QED) is 0.839. The lowest BCUT2D eigenvalue weighted by Crippen LogP contribution is -2.40. The van der Waals surface area contributed by atoms with Gasteiger partial charge < -0.3 is 10.2 Å². The number of carbonyl (C=O) groups excluding carboxylic acids is 1. The van der Waals surface area contributed by atoms with Gasteiger partial charge in [0.05, 0.1) is 6.54 Å². The zero-order valence-electron chi connectivity index (χ0n) is 10.5. The van der Waals surface area contributed by atoms with E-state index in [4.69, 9.17) is 0 Å². The molecule has 0 spiro atoms. The van der Waals surface area contributed by atoms with Gasteiger partial charge in [-0.05, 0) is 59.5 Å². The molecule has 1 saturated heterocycles. The molecule has 0 unspecified atom stereocenters. The maximum atomic E-state index is 11.9. The van der Waals surface area contributed by atoms with Gasteiger partial charge in [-0.2, -0.15) is 0 Å². The molecule has 1 fully saturated rings. The van der Waals surface area contributed by atoms with Crippen LogP contribution in [0.4, 0.5) is 0 Å². The van der Waals surface area contributed by atoms with Crippen molar-refractivity contribution in [3.63, 3.8) is 0 Å². The molecule has 0 radical (unpaired) electrons. The number of likely N-dealkylation sites (tertiary alicyclic amines) is 1. The number of piperidine rings is 1. The van der Waals surface area contributed by atoms with Gasteiger partial charge in [-0.25, -0.2) is 0 Å². The molecule has 1 aliphatic heterocycles. The summed E-state index contributed by atoms with van der Waals surface area (Å²) in [6.07, 6.45) is 3.57. The number of rotatable bonds is 4. The van der Waals surface area contributed by atoms with Crippen molar-refractivity contribution >= 4 is 28.5 Å². The third-order valence-electron chi connectivity index (χ3n) is 3.23. The van der Waals surface area contributed by atoms with Crippen molar-refractivity contribution in [2.75, 3.05) is 19.6 Å². The Kier molecular flexibility index (Phi) is 5.44. The van der Waals surface area contributed by atoms with E-state index in [1.807, 2.05) is 4.90 Å². The zero-order chi connectivity index (χ0) is 12.8. The lowest BCUT2D eigenvalue weighted by Gasteiger charge is -2.26. The molecule has 0 bridgehead atoms. The summed E-state index contributed by atoms with van der Waals surface area (Å²) in [6.45, 7) is 3.08. The first-order valence-corrected chi connectivity index (χ1v) is 7.56. The fourth-order valence-corrected chi connectivity index (χ4v) is 2.53. The fourth-order valence-electron chi connectivity index (χ4n) is 2.17. The van der Waals surface area contributed by atoms with Crippen LogP contribution in [0.5, 0.6) is 0 Å². The van der Waals surface area contributed by atoms with Crippen LogP contribution < -0.4 is 5.32 Å². The Morgan fingerprint density at radius 3 is 2.50 bits per heavy atom. The number of carbonyl (C=O) groups is 1. The van der Waals surface area contributed by atoms with Gasteiger partial charge in [0.2, 0.25) is 5.91 Å². The number of halogens is 1. The number of hydrogen-bond donors (Lipinski definition) is 1. The van der Waals surface area contributed by atoms with Gasteiger partial charge in [0, 0.05) is 23.2 Å². The van der Waals surface area contributed by atoms with E-state index in [9.17, 15) is 4.79 Å². The summed E-state index contributed by atoms with van der Waals surface area (Å²) in [5.41, 5.74) is 1.22. The lowest BCUT2D eigenvalue weighted by molar-refractivity contribution is -0.131. The molecular formula is C14H19IN2O. The van der Waals surface area contributed by atoms with E-state index >= 15 is 0 Å². The second-order valence-corrected chi connectivity index (χ2v) is 5.92. The van der Waals surface area contributed by atoms with E-state index in [0.29, 0.717) is 6.54 Å². The summed E-state index contributed by atoms with van der Waals surface area (Å²) in [5.74, 6) is 0.236. The molecule has 0 aromatic heterocycles. The van der Waals surface area contributed by atoms with Crippen LogP contribution in [0.15, 0.2) is 24.3 Å². The highest BCUT2D eigenvalue weighted by molar-refractivity contribution is 14.1. The number of nitrogens with zero attached hydrogens (tertiary/aromatic N) is 1. The summed E-state index contributed by atoms with van der Waals surface area (Å²) >= 11 is 2.29. The van der Waals surface area contributed by atoms with Crippen LogP contribution in [0, 0.1) is 3.57 Å². The summed E-state index contributed by atoms with van der Waals surface area (Å²) in [4.78, 5) is 13.9. The molecule has 3 nitrogen and oxygen atoms in total. The van der Waals surface area contributed by atoms with Crippen molar-refractivity contribution in [1.29, 1.82) is 0 Å². The molecule has 0 saturated carbocycles. The van der Waals surface area contributed by atoms with Gasteiger partial charge in [-0.1, -0.05) is 12.1 Å². The first kappa shape index (κ1) is 13.8. The average Bonchev–Trinajstić information content (AvgIpc) is 2.42. The summed E-state index contributed by atoms with van der Waals surface area (Å²) < 4.78 is 1.24. The van der Waals surface area contributed by atoms with Crippen molar-refractivity contribution < 1.29 is 4.79 Å². The molecule has 98 valence electrons. The van der Waals surface area contributed by atoms with Gasteiger partial charge in [-0.3, -0.25) is 4.79 Å². The highest BCUT2D eigenvalue weighted by Gasteiger charge is 2.15. The van der Waals surface area contributed by atoms with Crippen molar-refractivity contribution in [3.05, 3.63) is 33.4 Å². The number of benzene rings is 1. The first-order chi connectivity index (χ1) is 8.75. The number of hydrogen-bond acceptors (Lipinski definition) is 2. The molecular weight excluding hydrogens is 339 g/mol. The Morgan fingerprint density at radius 1 is 1.17 bits per heavy atom. The summed E-state index contributed by atoms with van der Waals surface area (Å²) in [5, 5.41) is 3.22. The number of amides is 1. The standard InChI is InChI=1S/C14H19IN2O/c15-13-6-4-12(5-7-13)10-16-11-14(18)17-8-2-1-3-9-17/h4-7,16H,1-3,8-11H2. The topological polar surface area (TPSA) is 32.3 Å². The van der Waals surface area contributed by atoms with Gasteiger partial charge in [0.25, 0.3) is 0 Å². The Hall–Kier alpha value is -0.620.